The van der Waals surface area contributed by atoms with Gasteiger partial charge in [0.05, 0.1) is 25.4 Å². The number of unbranched alkanes of at least 4 members (excludes halogenated alkanes) is 45. The van der Waals surface area contributed by atoms with Crippen molar-refractivity contribution >= 4 is 11.9 Å². The molecule has 2 atom stereocenters. The Morgan fingerprint density at radius 3 is 0.987 bits per heavy atom. The summed E-state index contributed by atoms with van der Waals surface area (Å²) >= 11 is 0. The first-order valence-electron chi connectivity index (χ1n) is 34.6. The first-order valence-corrected chi connectivity index (χ1v) is 34.6. The summed E-state index contributed by atoms with van der Waals surface area (Å²) in [6, 6.07) is -0.626. The van der Waals surface area contributed by atoms with Crippen LogP contribution in [0, 0.1) is 0 Å². The van der Waals surface area contributed by atoms with Crippen molar-refractivity contribution in [1.29, 1.82) is 0 Å². The van der Waals surface area contributed by atoms with Crippen molar-refractivity contribution in [3.05, 3.63) is 60.8 Å². The molecule has 0 saturated heterocycles. The monoisotopic (exact) mass is 1090 g/mol. The lowest BCUT2D eigenvalue weighted by Gasteiger charge is -2.20. The van der Waals surface area contributed by atoms with Crippen LogP contribution in [0.2, 0.25) is 0 Å². The number of nitrogens with one attached hydrogen (secondary N) is 1. The highest BCUT2D eigenvalue weighted by atomic mass is 16.5. The van der Waals surface area contributed by atoms with Gasteiger partial charge in [-0.3, -0.25) is 9.59 Å². The zero-order valence-electron chi connectivity index (χ0n) is 52.1. The Bertz CT molecular complexity index is 1350. The fourth-order valence-electron chi connectivity index (χ4n) is 10.5. The Balaban J connectivity index is 3.39. The topological polar surface area (TPSA) is 95.9 Å². The summed E-state index contributed by atoms with van der Waals surface area (Å²) in [7, 11) is 0. The van der Waals surface area contributed by atoms with Crippen molar-refractivity contribution in [3.8, 4) is 0 Å². The molecule has 0 aromatic carbocycles. The molecule has 78 heavy (non-hydrogen) atoms. The number of hydrogen-bond donors (Lipinski definition) is 3. The molecule has 1 amide bonds. The normalized spacial score (nSPS) is 12.9. The van der Waals surface area contributed by atoms with E-state index in [0.29, 0.717) is 19.4 Å². The van der Waals surface area contributed by atoms with Gasteiger partial charge in [-0.1, -0.05) is 312 Å². The minimum absolute atomic E-state index is 0.000119. The van der Waals surface area contributed by atoms with Gasteiger partial charge in [-0.05, 0) is 96.3 Å². The second-order valence-corrected chi connectivity index (χ2v) is 23.5. The summed E-state index contributed by atoms with van der Waals surface area (Å²) in [5.74, 6) is -0.0662. The lowest BCUT2D eigenvalue weighted by Crippen LogP contribution is -2.45. The summed E-state index contributed by atoms with van der Waals surface area (Å²) in [6.45, 7) is 4.88. The molecule has 2 unspecified atom stereocenters. The first-order chi connectivity index (χ1) is 38.5. The fraction of sp³-hybridized carbons (Fsp3) is 0.833. The van der Waals surface area contributed by atoms with Crippen LogP contribution >= 0.6 is 0 Å². The van der Waals surface area contributed by atoms with Crippen LogP contribution in [0.1, 0.15) is 361 Å². The number of hydrogen-bond acceptors (Lipinski definition) is 5. The van der Waals surface area contributed by atoms with Gasteiger partial charge in [0.15, 0.2) is 0 Å². The molecule has 0 radical (unpaired) electrons. The smallest absolute Gasteiger partial charge is 0.305 e. The van der Waals surface area contributed by atoms with Crippen molar-refractivity contribution in [2.45, 2.75) is 373 Å². The second-order valence-electron chi connectivity index (χ2n) is 23.5. The van der Waals surface area contributed by atoms with Crippen LogP contribution in [-0.2, 0) is 14.3 Å². The van der Waals surface area contributed by atoms with E-state index in [-0.39, 0.29) is 18.5 Å². The molecule has 0 rings (SSSR count). The number of allylic oxidation sites excluding steroid dienone is 9. The molecule has 6 heteroatoms. The highest BCUT2D eigenvalue weighted by Crippen LogP contribution is 2.17. The first kappa shape index (κ1) is 75.6. The van der Waals surface area contributed by atoms with Crippen molar-refractivity contribution < 1.29 is 24.5 Å². The van der Waals surface area contributed by atoms with E-state index in [1.165, 1.54) is 276 Å². The lowest BCUT2D eigenvalue weighted by molar-refractivity contribution is -0.143. The minimum Gasteiger partial charge on any atom is -0.466 e. The highest BCUT2D eigenvalue weighted by molar-refractivity contribution is 5.76. The van der Waals surface area contributed by atoms with E-state index in [1.54, 1.807) is 6.08 Å². The maximum absolute atomic E-state index is 12.5. The largest absolute Gasteiger partial charge is 0.466 e. The maximum atomic E-state index is 12.5. The van der Waals surface area contributed by atoms with Gasteiger partial charge in [-0.2, -0.15) is 0 Å². The summed E-state index contributed by atoms with van der Waals surface area (Å²) in [5, 5.41) is 23.1. The SMILES string of the molecule is CCCCCC/C=C\C/C=C\CCCCCCCC(=O)OCCCCCCCCCCC/C=C\C/C=C\CCCCCCCCCCCCCCCCCCCC(=O)NC(CO)C(O)/C=C/CCCCCCCCCCCC. The van der Waals surface area contributed by atoms with E-state index >= 15 is 0 Å². The van der Waals surface area contributed by atoms with Crippen molar-refractivity contribution in [1.82, 2.24) is 5.32 Å². The molecule has 0 spiro atoms. The molecule has 0 aliphatic rings. The third kappa shape index (κ3) is 62.8. The second kappa shape index (κ2) is 67.1. The van der Waals surface area contributed by atoms with Crippen molar-refractivity contribution in [3.63, 3.8) is 0 Å². The summed E-state index contributed by atoms with van der Waals surface area (Å²) in [5.41, 5.74) is 0. The van der Waals surface area contributed by atoms with E-state index in [4.69, 9.17) is 4.74 Å². The average molecular weight is 1090 g/mol. The van der Waals surface area contributed by atoms with Gasteiger partial charge >= 0.3 is 5.97 Å². The lowest BCUT2D eigenvalue weighted by atomic mass is 10.0. The zero-order valence-corrected chi connectivity index (χ0v) is 52.1. The maximum Gasteiger partial charge on any atom is 0.305 e. The van der Waals surface area contributed by atoms with E-state index in [1.807, 2.05) is 6.08 Å². The van der Waals surface area contributed by atoms with Crippen LogP contribution in [0.5, 0.6) is 0 Å². The molecule has 456 valence electrons. The Morgan fingerprint density at radius 1 is 0.359 bits per heavy atom. The Hall–Kier alpha value is -2.44. The number of ether oxygens (including phenoxy) is 1. The third-order valence-corrected chi connectivity index (χ3v) is 15.8. The average Bonchev–Trinajstić information content (AvgIpc) is 3.44. The highest BCUT2D eigenvalue weighted by Gasteiger charge is 2.18. The number of amides is 1. The standard InChI is InChI=1S/C72H133NO5/c1-3-5-7-9-11-13-15-17-18-39-42-46-50-54-58-62-66-72(77)78-67-63-59-55-51-47-43-40-37-35-33-31-29-27-25-23-21-19-20-22-24-26-28-30-32-34-36-38-41-45-49-53-57-61-65-71(76)73-69(68-74)70(75)64-60-56-52-48-44-16-14-12-10-8-6-4-2/h13,15,18,23,25,29,31,39,60,64,69-70,74-75H,3-12,14,16-17,19-22,24,26-28,30,32-38,40-59,61-63,65-68H2,1-2H3,(H,73,76)/b15-13-,25-23-,31-29-,39-18-,64-60+. The van der Waals surface area contributed by atoms with Gasteiger partial charge in [0.1, 0.15) is 0 Å². The van der Waals surface area contributed by atoms with Crippen LogP contribution < -0.4 is 5.32 Å². The van der Waals surface area contributed by atoms with E-state index in [9.17, 15) is 19.8 Å². The molecule has 0 aliphatic heterocycles. The zero-order chi connectivity index (χ0) is 56.4. The molecule has 0 heterocycles. The molecule has 0 bridgehead atoms. The summed E-state index contributed by atoms with van der Waals surface area (Å²) in [6.07, 6.45) is 88.7. The van der Waals surface area contributed by atoms with Gasteiger partial charge in [0.2, 0.25) is 5.91 Å². The van der Waals surface area contributed by atoms with Crippen LogP contribution in [0.3, 0.4) is 0 Å². The predicted octanol–water partition coefficient (Wildman–Crippen LogP) is 22.3. The van der Waals surface area contributed by atoms with Crippen LogP contribution in [0.25, 0.3) is 0 Å². The Kier molecular flexibility index (Phi) is 65.0. The quantitative estimate of drug-likeness (QED) is 0.0320. The van der Waals surface area contributed by atoms with E-state index in [0.717, 1.165) is 57.8 Å². The van der Waals surface area contributed by atoms with Gasteiger partial charge in [0, 0.05) is 12.8 Å². The number of aliphatic hydroxyl groups excluding tert-OH is 2. The van der Waals surface area contributed by atoms with Gasteiger partial charge in [0.25, 0.3) is 0 Å². The van der Waals surface area contributed by atoms with E-state index < -0.39 is 12.1 Å². The minimum atomic E-state index is -0.843. The number of carbonyl (C=O) groups excluding carboxylic acids is 2. The Labute approximate surface area is 486 Å². The number of aliphatic hydroxyl groups is 2. The molecule has 0 saturated carbocycles. The van der Waals surface area contributed by atoms with Crippen molar-refractivity contribution in [2.24, 2.45) is 0 Å². The Morgan fingerprint density at radius 2 is 0.641 bits per heavy atom. The van der Waals surface area contributed by atoms with Crippen LogP contribution in [0.4, 0.5) is 0 Å². The third-order valence-electron chi connectivity index (χ3n) is 15.8. The molecule has 0 aromatic rings. The predicted molar refractivity (Wildman–Crippen MR) is 342 cm³/mol. The molecule has 0 aromatic heterocycles. The van der Waals surface area contributed by atoms with Crippen molar-refractivity contribution in [2.75, 3.05) is 13.2 Å². The number of carbonyl (C=O) groups is 2. The van der Waals surface area contributed by atoms with Gasteiger partial charge in [-0.15, -0.1) is 0 Å². The van der Waals surface area contributed by atoms with Gasteiger partial charge in [-0.25, -0.2) is 0 Å². The molecule has 3 N–H and O–H groups in total. The van der Waals surface area contributed by atoms with Crippen LogP contribution in [-0.4, -0.2) is 47.4 Å². The van der Waals surface area contributed by atoms with E-state index in [2.05, 4.69) is 67.8 Å². The van der Waals surface area contributed by atoms with Crippen LogP contribution in [0.15, 0.2) is 60.8 Å². The fourth-order valence-corrected chi connectivity index (χ4v) is 10.5. The molecule has 0 aliphatic carbocycles. The number of esters is 1. The molecular weight excluding hydrogens is 959 g/mol. The molecular formula is C72H133NO5. The summed E-state index contributed by atoms with van der Waals surface area (Å²) < 4.78 is 5.48. The molecule has 0 fully saturated rings. The van der Waals surface area contributed by atoms with Gasteiger partial charge < -0.3 is 20.3 Å². The molecule has 6 nitrogen and oxygen atoms in total. The summed E-state index contributed by atoms with van der Waals surface area (Å²) in [4.78, 5) is 24.5. The number of rotatable bonds is 64.